The molecule has 2 aromatic carbocycles. The predicted molar refractivity (Wildman–Crippen MR) is 186 cm³/mol. The number of nitrogens with one attached hydrogen (secondary N) is 2. The Morgan fingerprint density at radius 1 is 0.745 bits per heavy atom. The van der Waals surface area contributed by atoms with Crippen LogP contribution in [-0.2, 0) is 30.3 Å². The highest BCUT2D eigenvalue weighted by Gasteiger charge is 2.43. The third-order valence-corrected chi connectivity index (χ3v) is 7.39. The number of hydrogen-bond donors (Lipinski definition) is 2. The van der Waals surface area contributed by atoms with Gasteiger partial charge in [-0.1, -0.05) is 62.4 Å². The van der Waals surface area contributed by atoms with Crippen molar-refractivity contribution in [2.75, 3.05) is 0 Å². The Labute approximate surface area is 282 Å². The fraction of sp³-hybridized carbons (Fsp3) is 0.579. The van der Waals surface area contributed by atoms with Crippen LogP contribution in [-0.4, -0.2) is 57.6 Å². The molecule has 0 aliphatic rings. The van der Waals surface area contributed by atoms with Crippen LogP contribution in [0.5, 0.6) is 0 Å². The van der Waals surface area contributed by atoms with Gasteiger partial charge in [0.15, 0.2) is 0 Å². The van der Waals surface area contributed by atoms with Crippen LogP contribution in [0, 0.1) is 19.8 Å². The molecule has 9 heteroatoms. The first-order chi connectivity index (χ1) is 21.5. The molecule has 47 heavy (non-hydrogen) atoms. The van der Waals surface area contributed by atoms with E-state index in [2.05, 4.69) is 10.6 Å². The minimum absolute atomic E-state index is 0.0381. The van der Waals surface area contributed by atoms with Gasteiger partial charge in [-0.2, -0.15) is 0 Å². The molecule has 3 amide bonds. The van der Waals surface area contributed by atoms with Gasteiger partial charge in [0.25, 0.3) is 0 Å². The van der Waals surface area contributed by atoms with Crippen LogP contribution in [0.2, 0.25) is 0 Å². The van der Waals surface area contributed by atoms with E-state index in [9.17, 15) is 19.2 Å². The van der Waals surface area contributed by atoms with Crippen molar-refractivity contribution in [3.63, 3.8) is 0 Å². The molecule has 2 N–H and O–H groups in total. The second-order valence-electron chi connectivity index (χ2n) is 15.7. The Kier molecular flexibility index (Phi) is 13.2. The van der Waals surface area contributed by atoms with Crippen molar-refractivity contribution in [1.82, 2.24) is 15.5 Å². The van der Waals surface area contributed by atoms with Gasteiger partial charge < -0.3 is 25.0 Å². The van der Waals surface area contributed by atoms with E-state index in [-0.39, 0.29) is 12.3 Å². The first-order valence-electron chi connectivity index (χ1n) is 16.5. The SMILES string of the molecule is Cc1cccc(C(C(=O)NC(Cc2ccccc2)C(=O)OC(C)(C)C)N(C(=O)C(CC(C)C)NC(=O)OC(C)(C)C)C(C)(C)C)c1C. The summed E-state index contributed by atoms with van der Waals surface area (Å²) in [5, 5.41) is 5.76. The molecule has 0 fully saturated rings. The lowest BCUT2D eigenvalue weighted by atomic mass is 9.90. The molecular formula is C38H57N3O6. The summed E-state index contributed by atoms with van der Waals surface area (Å²) in [6.45, 7) is 23.9. The third-order valence-electron chi connectivity index (χ3n) is 7.39. The summed E-state index contributed by atoms with van der Waals surface area (Å²) >= 11 is 0. The molecule has 9 nitrogen and oxygen atoms in total. The zero-order valence-electron chi connectivity index (χ0n) is 30.7. The van der Waals surface area contributed by atoms with E-state index in [1.54, 1.807) is 41.5 Å². The van der Waals surface area contributed by atoms with E-state index in [0.29, 0.717) is 12.0 Å². The number of alkyl carbamates (subject to hydrolysis) is 1. The Morgan fingerprint density at radius 2 is 1.32 bits per heavy atom. The number of amides is 3. The van der Waals surface area contributed by atoms with E-state index in [0.717, 1.165) is 16.7 Å². The van der Waals surface area contributed by atoms with Gasteiger partial charge in [-0.25, -0.2) is 9.59 Å². The summed E-state index contributed by atoms with van der Waals surface area (Å²) in [7, 11) is 0. The van der Waals surface area contributed by atoms with Crippen LogP contribution in [0.1, 0.15) is 111 Å². The first-order valence-corrected chi connectivity index (χ1v) is 16.5. The zero-order chi connectivity index (χ0) is 35.9. The average molecular weight is 652 g/mol. The zero-order valence-corrected chi connectivity index (χ0v) is 30.7. The summed E-state index contributed by atoms with van der Waals surface area (Å²) in [6.07, 6.45) is -0.202. The number of hydrogen-bond acceptors (Lipinski definition) is 6. The molecule has 3 unspecified atom stereocenters. The van der Waals surface area contributed by atoms with E-state index in [1.807, 2.05) is 97.0 Å². The molecule has 0 radical (unpaired) electrons. The van der Waals surface area contributed by atoms with Crippen molar-refractivity contribution in [3.8, 4) is 0 Å². The normalized spacial score (nSPS) is 14.1. The lowest BCUT2D eigenvalue weighted by molar-refractivity contribution is -0.159. The standard InChI is InChI=1S/C38H57N3O6/c1-24(2)22-29(40-35(45)47-38(11,12)13)33(43)41(36(5,6)7)31(28-21-17-18-25(3)26(28)4)32(42)39-30(34(44)46-37(8,9)10)23-27-19-15-14-16-20-27/h14-21,24,29-31H,22-23H2,1-13H3,(H,39,42)(H,40,45). The Morgan fingerprint density at radius 3 is 1.83 bits per heavy atom. The quantitative estimate of drug-likeness (QED) is 0.254. The van der Waals surface area contributed by atoms with Gasteiger partial charge in [0.1, 0.15) is 29.3 Å². The highest BCUT2D eigenvalue weighted by Crippen LogP contribution is 2.33. The molecule has 0 aromatic heterocycles. The van der Waals surface area contributed by atoms with Crippen LogP contribution in [0.4, 0.5) is 4.79 Å². The van der Waals surface area contributed by atoms with Crippen LogP contribution in [0.3, 0.4) is 0 Å². The number of benzene rings is 2. The van der Waals surface area contributed by atoms with Crippen LogP contribution < -0.4 is 10.6 Å². The number of rotatable bonds is 11. The van der Waals surface area contributed by atoms with E-state index in [4.69, 9.17) is 9.47 Å². The number of ether oxygens (including phenoxy) is 2. The second kappa shape index (κ2) is 15.8. The highest BCUT2D eigenvalue weighted by atomic mass is 16.6. The van der Waals surface area contributed by atoms with Crippen molar-refractivity contribution in [3.05, 3.63) is 70.8 Å². The lowest BCUT2D eigenvalue weighted by Gasteiger charge is -2.44. The number of esters is 1. The minimum Gasteiger partial charge on any atom is -0.458 e. The first kappa shape index (κ1) is 39.3. The molecule has 2 rings (SSSR count). The van der Waals surface area contributed by atoms with Crippen molar-refractivity contribution in [2.24, 2.45) is 5.92 Å². The van der Waals surface area contributed by atoms with Crippen LogP contribution >= 0.6 is 0 Å². The Bertz CT molecular complexity index is 1380. The predicted octanol–water partition coefficient (Wildman–Crippen LogP) is 6.98. The van der Waals surface area contributed by atoms with E-state index in [1.165, 1.54) is 4.90 Å². The lowest BCUT2D eigenvalue weighted by Crippen LogP contribution is -2.60. The van der Waals surface area contributed by atoms with Gasteiger partial charge in [0.2, 0.25) is 11.8 Å². The minimum atomic E-state index is -1.14. The molecule has 0 saturated heterocycles. The van der Waals surface area contributed by atoms with E-state index < -0.39 is 58.7 Å². The number of nitrogens with zero attached hydrogens (tertiary/aromatic N) is 1. The van der Waals surface area contributed by atoms with Crippen LogP contribution in [0.15, 0.2) is 48.5 Å². The number of aryl methyl sites for hydroxylation is 1. The monoisotopic (exact) mass is 651 g/mol. The van der Waals surface area contributed by atoms with Crippen molar-refractivity contribution in [1.29, 1.82) is 0 Å². The second-order valence-corrected chi connectivity index (χ2v) is 15.7. The Hall–Kier alpha value is -3.88. The molecule has 0 spiro atoms. The van der Waals surface area contributed by atoms with Gasteiger partial charge in [-0.05, 0) is 111 Å². The molecule has 0 aliphatic heterocycles. The molecular weight excluding hydrogens is 594 g/mol. The summed E-state index contributed by atoms with van der Waals surface area (Å²) in [5.74, 6) is -1.51. The molecule has 0 heterocycles. The van der Waals surface area contributed by atoms with Crippen molar-refractivity contribution < 1.29 is 28.7 Å². The molecule has 3 atom stereocenters. The number of carbonyl (C=O) groups is 4. The van der Waals surface area contributed by atoms with Gasteiger partial charge >= 0.3 is 12.1 Å². The largest absolute Gasteiger partial charge is 0.458 e. The molecule has 0 bridgehead atoms. The van der Waals surface area contributed by atoms with Gasteiger partial charge in [0.05, 0.1) is 0 Å². The Balaban J connectivity index is 2.72. The molecule has 0 aliphatic carbocycles. The summed E-state index contributed by atoms with van der Waals surface area (Å²) in [5.41, 5.74) is 0.806. The summed E-state index contributed by atoms with van der Waals surface area (Å²) in [6, 6.07) is 11.9. The molecule has 0 saturated carbocycles. The topological polar surface area (TPSA) is 114 Å². The van der Waals surface area contributed by atoms with Gasteiger partial charge in [0, 0.05) is 12.0 Å². The van der Waals surface area contributed by atoms with Crippen molar-refractivity contribution in [2.45, 2.75) is 138 Å². The fourth-order valence-corrected chi connectivity index (χ4v) is 5.29. The fourth-order valence-electron chi connectivity index (χ4n) is 5.29. The average Bonchev–Trinajstić information content (AvgIpc) is 2.90. The maximum absolute atomic E-state index is 14.7. The molecule has 260 valence electrons. The maximum Gasteiger partial charge on any atom is 0.408 e. The smallest absolute Gasteiger partial charge is 0.408 e. The summed E-state index contributed by atoms with van der Waals surface area (Å²) in [4.78, 5) is 57.5. The van der Waals surface area contributed by atoms with Crippen LogP contribution in [0.25, 0.3) is 0 Å². The maximum atomic E-state index is 14.7. The third kappa shape index (κ3) is 12.3. The van der Waals surface area contributed by atoms with Gasteiger partial charge in [-0.3, -0.25) is 9.59 Å². The number of carbonyl (C=O) groups excluding carboxylic acids is 4. The highest BCUT2D eigenvalue weighted by molar-refractivity contribution is 5.94. The summed E-state index contributed by atoms with van der Waals surface area (Å²) < 4.78 is 11.3. The molecule has 2 aromatic rings. The van der Waals surface area contributed by atoms with Gasteiger partial charge in [-0.15, -0.1) is 0 Å². The van der Waals surface area contributed by atoms with Crippen molar-refractivity contribution >= 4 is 23.9 Å². The van der Waals surface area contributed by atoms with E-state index >= 15 is 0 Å².